The molecule has 122 valence electrons. The number of hydrogen-bond acceptors (Lipinski definition) is 3. The van der Waals surface area contributed by atoms with E-state index in [1.807, 2.05) is 26.0 Å². The summed E-state index contributed by atoms with van der Waals surface area (Å²) in [6.07, 6.45) is 0. The zero-order valence-electron chi connectivity index (χ0n) is 13.4. The Morgan fingerprint density at radius 2 is 1.67 bits per heavy atom. The van der Waals surface area contributed by atoms with Gasteiger partial charge in [0.25, 0.3) is 11.8 Å². The zero-order chi connectivity index (χ0) is 17.3. The predicted octanol–water partition coefficient (Wildman–Crippen LogP) is 3.92. The predicted molar refractivity (Wildman–Crippen MR) is 94.1 cm³/mol. The second kappa shape index (κ2) is 6.49. The van der Waals surface area contributed by atoms with Gasteiger partial charge in [0, 0.05) is 0 Å². The average molecular weight is 342 g/mol. The third kappa shape index (κ3) is 2.69. The van der Waals surface area contributed by atoms with Crippen molar-refractivity contribution in [2.75, 3.05) is 11.5 Å². The van der Waals surface area contributed by atoms with Gasteiger partial charge in [0.05, 0.1) is 17.9 Å². The number of halogens is 1. The van der Waals surface area contributed by atoms with Crippen LogP contribution in [0.1, 0.15) is 18.1 Å². The van der Waals surface area contributed by atoms with E-state index in [0.29, 0.717) is 23.6 Å². The van der Waals surface area contributed by atoms with Crippen LogP contribution in [0.4, 0.5) is 5.69 Å². The van der Waals surface area contributed by atoms with Crippen LogP contribution in [0, 0.1) is 6.92 Å². The Balaban J connectivity index is 2.05. The molecule has 24 heavy (non-hydrogen) atoms. The van der Waals surface area contributed by atoms with E-state index >= 15 is 0 Å². The molecule has 0 aliphatic carbocycles. The molecule has 0 N–H and O–H groups in total. The number of para-hydroxylation sites is 2. The smallest absolute Gasteiger partial charge is 0.277 e. The molecule has 0 atom stereocenters. The first-order valence-electron chi connectivity index (χ1n) is 7.62. The van der Waals surface area contributed by atoms with E-state index < -0.39 is 11.8 Å². The monoisotopic (exact) mass is 341 g/mol. The first-order valence-corrected chi connectivity index (χ1v) is 7.99. The van der Waals surface area contributed by atoms with Gasteiger partial charge < -0.3 is 4.74 Å². The van der Waals surface area contributed by atoms with Crippen LogP contribution >= 0.6 is 11.6 Å². The van der Waals surface area contributed by atoms with E-state index in [1.54, 1.807) is 36.4 Å². The van der Waals surface area contributed by atoms with Crippen molar-refractivity contribution in [2.45, 2.75) is 13.8 Å². The van der Waals surface area contributed by atoms with Crippen LogP contribution in [0.5, 0.6) is 5.75 Å². The number of ether oxygens (including phenoxy) is 1. The van der Waals surface area contributed by atoms with E-state index in [4.69, 9.17) is 16.3 Å². The SMILES string of the molecule is CCOc1ccccc1N1C(=O)C(Cl)=C(c2ccc(C)cc2)C1=O. The Labute approximate surface area is 145 Å². The van der Waals surface area contributed by atoms with E-state index in [9.17, 15) is 9.59 Å². The number of aryl methyl sites for hydroxylation is 1. The quantitative estimate of drug-likeness (QED) is 0.792. The van der Waals surface area contributed by atoms with Crippen LogP contribution in [0.3, 0.4) is 0 Å². The fraction of sp³-hybridized carbons (Fsp3) is 0.158. The highest BCUT2D eigenvalue weighted by atomic mass is 35.5. The number of anilines is 1. The highest BCUT2D eigenvalue weighted by Crippen LogP contribution is 2.38. The number of carbonyl (C=O) groups is 2. The molecule has 1 aliphatic rings. The number of carbonyl (C=O) groups excluding carboxylic acids is 2. The van der Waals surface area contributed by atoms with Crippen molar-refractivity contribution in [3.8, 4) is 5.75 Å². The van der Waals surface area contributed by atoms with Crippen molar-refractivity contribution in [1.29, 1.82) is 0 Å². The molecule has 0 spiro atoms. The lowest BCUT2D eigenvalue weighted by Crippen LogP contribution is -2.31. The molecule has 4 nitrogen and oxygen atoms in total. The number of nitrogens with zero attached hydrogens (tertiary/aromatic N) is 1. The molecule has 2 amide bonds. The van der Waals surface area contributed by atoms with Gasteiger partial charge in [-0.05, 0) is 31.5 Å². The fourth-order valence-corrected chi connectivity index (χ4v) is 2.89. The Hall–Kier alpha value is -2.59. The molecule has 1 heterocycles. The molecule has 0 unspecified atom stereocenters. The van der Waals surface area contributed by atoms with Crippen LogP contribution in [0.15, 0.2) is 53.6 Å². The van der Waals surface area contributed by atoms with Crippen molar-refractivity contribution in [3.63, 3.8) is 0 Å². The number of benzene rings is 2. The Kier molecular flexibility index (Phi) is 4.40. The standard InChI is InChI=1S/C19H16ClNO3/c1-3-24-15-7-5-4-6-14(15)21-18(22)16(17(20)19(21)23)13-10-8-12(2)9-11-13/h4-11H,3H2,1-2H3. The molecule has 0 aromatic heterocycles. The topological polar surface area (TPSA) is 46.6 Å². The van der Waals surface area contributed by atoms with Crippen molar-refractivity contribution < 1.29 is 14.3 Å². The van der Waals surface area contributed by atoms with Crippen molar-refractivity contribution in [1.82, 2.24) is 0 Å². The molecule has 1 aliphatic heterocycles. The first-order chi connectivity index (χ1) is 11.5. The summed E-state index contributed by atoms with van der Waals surface area (Å²) in [6, 6.07) is 14.3. The summed E-state index contributed by atoms with van der Waals surface area (Å²) >= 11 is 6.20. The zero-order valence-corrected chi connectivity index (χ0v) is 14.1. The summed E-state index contributed by atoms with van der Waals surface area (Å²) < 4.78 is 5.53. The van der Waals surface area contributed by atoms with Gasteiger partial charge in [-0.2, -0.15) is 0 Å². The van der Waals surface area contributed by atoms with E-state index in [1.165, 1.54) is 0 Å². The third-order valence-corrected chi connectivity index (χ3v) is 4.12. The molecular weight excluding hydrogens is 326 g/mol. The number of rotatable bonds is 4. The lowest BCUT2D eigenvalue weighted by Gasteiger charge is -2.18. The molecule has 0 fully saturated rings. The molecule has 0 bridgehead atoms. The van der Waals surface area contributed by atoms with Gasteiger partial charge in [-0.25, -0.2) is 4.90 Å². The normalized spacial score (nSPS) is 14.5. The highest BCUT2D eigenvalue weighted by molar-refractivity contribution is 6.60. The van der Waals surface area contributed by atoms with Gasteiger partial charge in [-0.3, -0.25) is 9.59 Å². The van der Waals surface area contributed by atoms with Crippen molar-refractivity contribution in [2.24, 2.45) is 0 Å². The Morgan fingerprint density at radius 1 is 1.00 bits per heavy atom. The van der Waals surface area contributed by atoms with Crippen LogP contribution in [0.2, 0.25) is 0 Å². The van der Waals surface area contributed by atoms with E-state index in [2.05, 4.69) is 0 Å². The molecule has 2 aromatic rings. The van der Waals surface area contributed by atoms with Gasteiger partial charge in [0.1, 0.15) is 10.8 Å². The molecule has 3 rings (SSSR count). The Bertz CT molecular complexity index is 840. The maximum Gasteiger partial charge on any atom is 0.277 e. The maximum atomic E-state index is 12.9. The summed E-state index contributed by atoms with van der Waals surface area (Å²) in [5.74, 6) is -0.512. The third-order valence-electron chi connectivity index (χ3n) is 3.77. The lowest BCUT2D eigenvalue weighted by atomic mass is 10.0. The minimum atomic E-state index is -0.538. The second-order valence-electron chi connectivity index (χ2n) is 5.40. The molecule has 0 radical (unpaired) electrons. The average Bonchev–Trinajstić information content (AvgIpc) is 2.79. The van der Waals surface area contributed by atoms with E-state index in [-0.39, 0.29) is 10.6 Å². The largest absolute Gasteiger partial charge is 0.492 e. The van der Waals surface area contributed by atoms with Crippen molar-refractivity contribution in [3.05, 3.63) is 64.7 Å². The molecule has 2 aromatic carbocycles. The van der Waals surface area contributed by atoms with E-state index in [0.717, 1.165) is 10.5 Å². The lowest BCUT2D eigenvalue weighted by molar-refractivity contribution is -0.119. The van der Waals surface area contributed by atoms with Gasteiger partial charge in [-0.15, -0.1) is 0 Å². The summed E-state index contributed by atoms with van der Waals surface area (Å²) in [7, 11) is 0. The van der Waals surface area contributed by atoms with Crippen LogP contribution in [0.25, 0.3) is 5.57 Å². The summed E-state index contributed by atoms with van der Waals surface area (Å²) in [5, 5.41) is -0.0739. The molecule has 0 saturated carbocycles. The summed E-state index contributed by atoms with van der Waals surface area (Å²) in [5.41, 5.74) is 2.30. The molecule has 0 saturated heterocycles. The minimum Gasteiger partial charge on any atom is -0.492 e. The van der Waals surface area contributed by atoms with Crippen molar-refractivity contribution >= 4 is 34.7 Å². The Morgan fingerprint density at radius 3 is 2.33 bits per heavy atom. The summed E-state index contributed by atoms with van der Waals surface area (Å²) in [4.78, 5) is 26.5. The number of imide groups is 1. The minimum absolute atomic E-state index is 0.0739. The van der Waals surface area contributed by atoms with Gasteiger partial charge >= 0.3 is 0 Å². The molecule has 5 heteroatoms. The summed E-state index contributed by atoms with van der Waals surface area (Å²) in [6.45, 7) is 4.22. The van der Waals surface area contributed by atoms with Gasteiger partial charge in [0.2, 0.25) is 0 Å². The van der Waals surface area contributed by atoms with Crippen LogP contribution < -0.4 is 9.64 Å². The highest BCUT2D eigenvalue weighted by Gasteiger charge is 2.40. The second-order valence-corrected chi connectivity index (χ2v) is 5.78. The van der Waals surface area contributed by atoms with Gasteiger partial charge in [-0.1, -0.05) is 53.6 Å². The maximum absolute atomic E-state index is 12.9. The van der Waals surface area contributed by atoms with Crippen LogP contribution in [-0.2, 0) is 9.59 Å². The number of hydrogen-bond donors (Lipinski definition) is 0. The fourth-order valence-electron chi connectivity index (χ4n) is 2.61. The van der Waals surface area contributed by atoms with Gasteiger partial charge in [0.15, 0.2) is 0 Å². The number of amides is 2. The first kappa shape index (κ1) is 16.3. The van der Waals surface area contributed by atoms with Crippen LogP contribution in [-0.4, -0.2) is 18.4 Å². The molecular formula is C19H16ClNO3.